The maximum atomic E-state index is 11.7. The van der Waals surface area contributed by atoms with Crippen LogP contribution in [-0.4, -0.2) is 42.4 Å². The molecule has 0 rings (SSSR count). The number of carbonyl (C=O) groups excluding carboxylic acids is 2. The first kappa shape index (κ1) is 13.9. The van der Waals surface area contributed by atoms with Crippen molar-refractivity contribution in [2.45, 2.75) is 33.2 Å². The third kappa shape index (κ3) is 6.06. The molecule has 0 saturated carbocycles. The Morgan fingerprint density at radius 3 is 2.40 bits per heavy atom. The summed E-state index contributed by atoms with van der Waals surface area (Å²) in [5, 5.41) is 3.14. The number of primary amides is 1. The first-order chi connectivity index (χ1) is 7.01. The van der Waals surface area contributed by atoms with Gasteiger partial charge in [0.25, 0.3) is 0 Å². The highest BCUT2D eigenvalue weighted by Crippen LogP contribution is 1.98. The number of rotatable bonds is 7. The molecule has 0 heterocycles. The van der Waals surface area contributed by atoms with Crippen LogP contribution in [0.1, 0.15) is 27.2 Å². The zero-order valence-corrected chi connectivity index (χ0v) is 9.75. The highest BCUT2D eigenvalue weighted by atomic mass is 16.2. The van der Waals surface area contributed by atoms with E-state index in [1.807, 2.05) is 20.8 Å². The van der Waals surface area contributed by atoms with Crippen LogP contribution in [0.4, 0.5) is 0 Å². The van der Waals surface area contributed by atoms with Crippen molar-refractivity contribution < 1.29 is 9.59 Å². The average Bonchev–Trinajstić information content (AvgIpc) is 2.13. The number of nitrogens with one attached hydrogen (secondary N) is 1. The molecule has 0 radical (unpaired) electrons. The maximum Gasteiger partial charge on any atom is 0.237 e. The summed E-state index contributed by atoms with van der Waals surface area (Å²) in [5.74, 6) is -0.508. The van der Waals surface area contributed by atoms with E-state index in [9.17, 15) is 9.59 Å². The Morgan fingerprint density at radius 2 is 2.00 bits per heavy atom. The van der Waals surface area contributed by atoms with E-state index < -0.39 is 5.91 Å². The summed E-state index contributed by atoms with van der Waals surface area (Å²) < 4.78 is 0. The lowest BCUT2D eigenvalue weighted by Gasteiger charge is -2.21. The first-order valence-electron chi connectivity index (χ1n) is 5.30. The summed E-state index contributed by atoms with van der Waals surface area (Å²) in [6, 6.07) is 0.129. The van der Waals surface area contributed by atoms with E-state index in [1.165, 1.54) is 4.90 Å². The highest BCUT2D eigenvalue weighted by molar-refractivity contribution is 5.84. The molecule has 5 nitrogen and oxygen atoms in total. The van der Waals surface area contributed by atoms with E-state index >= 15 is 0 Å². The van der Waals surface area contributed by atoms with Gasteiger partial charge in [0.2, 0.25) is 11.8 Å². The van der Waals surface area contributed by atoms with E-state index in [-0.39, 0.29) is 18.5 Å². The van der Waals surface area contributed by atoms with Gasteiger partial charge < -0.3 is 16.0 Å². The maximum absolute atomic E-state index is 11.7. The molecular weight excluding hydrogens is 194 g/mol. The molecule has 0 saturated heterocycles. The molecule has 2 amide bonds. The Balaban J connectivity index is 4.09. The van der Waals surface area contributed by atoms with Gasteiger partial charge in [0.15, 0.2) is 0 Å². The van der Waals surface area contributed by atoms with Crippen LogP contribution in [0.5, 0.6) is 0 Å². The minimum absolute atomic E-state index is 0.00811. The number of likely N-dealkylation sites (N-methyl/N-ethyl adjacent to an activating group) is 1. The molecule has 88 valence electrons. The van der Waals surface area contributed by atoms with Crippen molar-refractivity contribution in [3.63, 3.8) is 0 Å². The van der Waals surface area contributed by atoms with Crippen LogP contribution in [0.15, 0.2) is 0 Å². The van der Waals surface area contributed by atoms with E-state index in [1.54, 1.807) is 0 Å². The standard InChI is InChI=1S/C10H21N3O2/c1-4-12-8(3)6-10(15)13(5-2)7-9(11)14/h8,12H,4-7H2,1-3H3,(H2,11,14). The van der Waals surface area contributed by atoms with Crippen molar-refractivity contribution in [2.24, 2.45) is 5.73 Å². The number of hydrogen-bond acceptors (Lipinski definition) is 3. The van der Waals surface area contributed by atoms with E-state index in [2.05, 4.69) is 5.32 Å². The predicted molar refractivity (Wildman–Crippen MR) is 59.2 cm³/mol. The van der Waals surface area contributed by atoms with Gasteiger partial charge in [-0.05, 0) is 20.4 Å². The van der Waals surface area contributed by atoms with Crippen molar-refractivity contribution >= 4 is 11.8 Å². The molecule has 3 N–H and O–H groups in total. The summed E-state index contributed by atoms with van der Waals surface area (Å²) in [5.41, 5.74) is 5.05. The normalized spacial score (nSPS) is 12.2. The summed E-state index contributed by atoms with van der Waals surface area (Å²) in [6.45, 7) is 7.12. The van der Waals surface area contributed by atoms with Crippen LogP contribution >= 0.6 is 0 Å². The third-order valence-corrected chi connectivity index (χ3v) is 2.11. The topological polar surface area (TPSA) is 75.4 Å². The molecule has 15 heavy (non-hydrogen) atoms. The van der Waals surface area contributed by atoms with E-state index in [0.717, 1.165) is 6.54 Å². The van der Waals surface area contributed by atoms with Gasteiger partial charge in [-0.3, -0.25) is 9.59 Å². The molecule has 0 aromatic rings. The average molecular weight is 215 g/mol. The van der Waals surface area contributed by atoms with Crippen LogP contribution < -0.4 is 11.1 Å². The summed E-state index contributed by atoms with van der Waals surface area (Å²) in [6.07, 6.45) is 0.398. The van der Waals surface area contributed by atoms with Gasteiger partial charge >= 0.3 is 0 Å². The van der Waals surface area contributed by atoms with Gasteiger partial charge in [0, 0.05) is 19.0 Å². The smallest absolute Gasteiger partial charge is 0.237 e. The molecule has 0 aromatic heterocycles. The molecule has 0 aliphatic heterocycles. The summed E-state index contributed by atoms with van der Waals surface area (Å²) >= 11 is 0. The fourth-order valence-corrected chi connectivity index (χ4v) is 1.38. The summed E-state index contributed by atoms with van der Waals surface area (Å²) in [7, 11) is 0. The number of nitrogens with two attached hydrogens (primary N) is 1. The van der Waals surface area contributed by atoms with Crippen LogP contribution in [0.3, 0.4) is 0 Å². The molecule has 0 fully saturated rings. The molecule has 0 aromatic carbocycles. The fraction of sp³-hybridized carbons (Fsp3) is 0.800. The van der Waals surface area contributed by atoms with Gasteiger partial charge in [0.05, 0.1) is 6.54 Å². The van der Waals surface area contributed by atoms with Gasteiger partial charge in [-0.1, -0.05) is 6.92 Å². The van der Waals surface area contributed by atoms with Crippen molar-refractivity contribution in [1.82, 2.24) is 10.2 Å². The van der Waals surface area contributed by atoms with Crippen LogP contribution in [0.25, 0.3) is 0 Å². The summed E-state index contributed by atoms with van der Waals surface area (Å²) in [4.78, 5) is 23.8. The molecule has 1 atom stereocenters. The van der Waals surface area contributed by atoms with E-state index in [4.69, 9.17) is 5.73 Å². The molecule has 1 unspecified atom stereocenters. The zero-order valence-electron chi connectivity index (χ0n) is 9.75. The van der Waals surface area contributed by atoms with Crippen molar-refractivity contribution in [2.75, 3.05) is 19.6 Å². The number of nitrogens with zero attached hydrogens (tertiary/aromatic N) is 1. The van der Waals surface area contributed by atoms with Crippen molar-refractivity contribution in [1.29, 1.82) is 0 Å². The largest absolute Gasteiger partial charge is 0.368 e. The van der Waals surface area contributed by atoms with Crippen LogP contribution in [0.2, 0.25) is 0 Å². The Kier molecular flexibility index (Phi) is 6.70. The van der Waals surface area contributed by atoms with Crippen LogP contribution in [-0.2, 0) is 9.59 Å². The Labute approximate surface area is 91.0 Å². The number of carbonyl (C=O) groups is 2. The quantitative estimate of drug-likeness (QED) is 0.612. The van der Waals surface area contributed by atoms with Gasteiger partial charge in [-0.25, -0.2) is 0 Å². The van der Waals surface area contributed by atoms with Crippen LogP contribution in [0, 0.1) is 0 Å². The third-order valence-electron chi connectivity index (χ3n) is 2.11. The lowest BCUT2D eigenvalue weighted by atomic mass is 10.2. The number of amides is 2. The second-order valence-corrected chi connectivity index (χ2v) is 3.54. The van der Waals surface area contributed by atoms with Crippen molar-refractivity contribution in [3.05, 3.63) is 0 Å². The van der Waals surface area contributed by atoms with Gasteiger partial charge in [-0.15, -0.1) is 0 Å². The minimum atomic E-state index is -0.471. The molecule has 0 aliphatic rings. The highest BCUT2D eigenvalue weighted by Gasteiger charge is 2.16. The number of hydrogen-bond donors (Lipinski definition) is 2. The lowest BCUT2D eigenvalue weighted by molar-refractivity contribution is -0.135. The second-order valence-electron chi connectivity index (χ2n) is 3.54. The predicted octanol–water partition coefficient (Wildman–Crippen LogP) is -0.292. The first-order valence-corrected chi connectivity index (χ1v) is 5.30. The van der Waals surface area contributed by atoms with Gasteiger partial charge in [-0.2, -0.15) is 0 Å². The molecule has 0 aliphatic carbocycles. The van der Waals surface area contributed by atoms with E-state index in [0.29, 0.717) is 13.0 Å². The van der Waals surface area contributed by atoms with Gasteiger partial charge in [0.1, 0.15) is 0 Å². The molecule has 0 spiro atoms. The second kappa shape index (κ2) is 7.23. The monoisotopic (exact) mass is 215 g/mol. The van der Waals surface area contributed by atoms with Crippen molar-refractivity contribution in [3.8, 4) is 0 Å². The Morgan fingerprint density at radius 1 is 1.40 bits per heavy atom. The Hall–Kier alpha value is -1.10. The lowest BCUT2D eigenvalue weighted by Crippen LogP contribution is -2.41. The molecular formula is C10H21N3O2. The minimum Gasteiger partial charge on any atom is -0.368 e. The zero-order chi connectivity index (χ0) is 11.8. The fourth-order valence-electron chi connectivity index (χ4n) is 1.38. The SMILES string of the molecule is CCNC(C)CC(=O)N(CC)CC(N)=O. The molecule has 0 bridgehead atoms. The molecule has 5 heteroatoms. The Bertz CT molecular complexity index is 219.